The van der Waals surface area contributed by atoms with Gasteiger partial charge in [0.15, 0.2) is 5.58 Å². The van der Waals surface area contributed by atoms with Gasteiger partial charge in [-0.1, -0.05) is 6.07 Å². The summed E-state index contributed by atoms with van der Waals surface area (Å²) in [6.07, 6.45) is -3.31. The number of halogens is 3. The Bertz CT molecular complexity index is 797. The zero-order valence-corrected chi connectivity index (χ0v) is 11.1. The van der Waals surface area contributed by atoms with E-state index in [1.165, 1.54) is 18.2 Å². The molecule has 2 aromatic heterocycles. The van der Waals surface area contributed by atoms with Crippen LogP contribution in [0.15, 0.2) is 40.9 Å². The number of phenolic OH excluding ortho intramolecular Hbond substituents is 1. The number of benzene rings is 1. The van der Waals surface area contributed by atoms with E-state index in [4.69, 9.17) is 4.42 Å². The monoisotopic (exact) mass is 309 g/mol. The van der Waals surface area contributed by atoms with E-state index in [0.29, 0.717) is 16.7 Å². The number of fused-ring (bicyclic) bond motifs is 1. The van der Waals surface area contributed by atoms with Gasteiger partial charge < -0.3 is 14.8 Å². The first-order valence-electron chi connectivity index (χ1n) is 6.27. The molecule has 0 saturated carbocycles. The van der Waals surface area contributed by atoms with Crippen molar-refractivity contribution in [2.45, 2.75) is 12.7 Å². The van der Waals surface area contributed by atoms with Crippen molar-refractivity contribution in [1.29, 1.82) is 0 Å². The highest BCUT2D eigenvalue weighted by Crippen LogP contribution is 2.27. The molecule has 0 unspecified atom stereocenters. The summed E-state index contributed by atoms with van der Waals surface area (Å²) in [5.41, 5.74) is 0.588. The topological polar surface area (TPSA) is 71.2 Å². The molecule has 0 fully saturated rings. The van der Waals surface area contributed by atoms with Gasteiger partial charge in [0.05, 0.1) is 0 Å². The van der Waals surface area contributed by atoms with Crippen LogP contribution in [-0.4, -0.2) is 15.1 Å². The van der Waals surface area contributed by atoms with Gasteiger partial charge in [-0.05, 0) is 23.8 Å². The number of rotatable bonds is 3. The van der Waals surface area contributed by atoms with Gasteiger partial charge in [0.1, 0.15) is 17.0 Å². The second kappa shape index (κ2) is 5.21. The van der Waals surface area contributed by atoms with Crippen molar-refractivity contribution in [3.63, 3.8) is 0 Å². The SMILES string of the molecule is Oc1ccc2nc(NCc3ccc(C(F)(F)F)nc3)oc2c1. The maximum Gasteiger partial charge on any atom is 0.433 e. The molecule has 0 aliphatic rings. The first kappa shape index (κ1) is 14.2. The molecule has 0 aliphatic carbocycles. The van der Waals surface area contributed by atoms with Crippen LogP contribution in [0, 0.1) is 0 Å². The number of phenols is 1. The Morgan fingerprint density at radius 2 is 2.00 bits per heavy atom. The Balaban J connectivity index is 1.71. The molecule has 3 aromatic rings. The van der Waals surface area contributed by atoms with Crippen LogP contribution in [0.25, 0.3) is 11.1 Å². The predicted octanol–water partition coefficient (Wildman–Crippen LogP) is 3.56. The molecule has 8 heteroatoms. The molecule has 3 rings (SSSR count). The average molecular weight is 309 g/mol. The van der Waals surface area contributed by atoms with Gasteiger partial charge in [-0.15, -0.1) is 0 Å². The highest BCUT2D eigenvalue weighted by atomic mass is 19.4. The van der Waals surface area contributed by atoms with E-state index in [1.807, 2.05) is 0 Å². The molecule has 0 amide bonds. The third-order valence-corrected chi connectivity index (χ3v) is 2.93. The lowest BCUT2D eigenvalue weighted by atomic mass is 10.2. The number of anilines is 1. The zero-order valence-electron chi connectivity index (χ0n) is 11.1. The van der Waals surface area contributed by atoms with Crippen LogP contribution in [0.5, 0.6) is 5.75 Å². The summed E-state index contributed by atoms with van der Waals surface area (Å²) in [6.45, 7) is 0.212. The fourth-order valence-electron chi connectivity index (χ4n) is 1.86. The van der Waals surface area contributed by atoms with Gasteiger partial charge in [0.25, 0.3) is 6.01 Å². The lowest BCUT2D eigenvalue weighted by Crippen LogP contribution is -2.08. The number of pyridine rings is 1. The maximum atomic E-state index is 12.4. The third-order valence-electron chi connectivity index (χ3n) is 2.93. The van der Waals surface area contributed by atoms with Crippen LogP contribution in [0.3, 0.4) is 0 Å². The second-order valence-corrected chi connectivity index (χ2v) is 4.57. The van der Waals surface area contributed by atoms with Crippen LogP contribution in [0.1, 0.15) is 11.3 Å². The summed E-state index contributed by atoms with van der Waals surface area (Å²) < 4.78 is 42.6. The molecule has 0 aliphatic heterocycles. The molecular formula is C14H10F3N3O2. The smallest absolute Gasteiger partial charge is 0.433 e. The normalized spacial score (nSPS) is 11.8. The van der Waals surface area contributed by atoms with Crippen LogP contribution in [-0.2, 0) is 12.7 Å². The van der Waals surface area contributed by atoms with Gasteiger partial charge in [-0.25, -0.2) is 0 Å². The largest absolute Gasteiger partial charge is 0.508 e. The molecule has 114 valence electrons. The van der Waals surface area contributed by atoms with E-state index in [-0.39, 0.29) is 18.3 Å². The number of aromatic hydroxyl groups is 1. The summed E-state index contributed by atoms with van der Waals surface area (Å²) in [5.74, 6) is 0.0575. The van der Waals surface area contributed by atoms with E-state index in [9.17, 15) is 18.3 Å². The van der Waals surface area contributed by atoms with E-state index in [2.05, 4.69) is 15.3 Å². The molecule has 22 heavy (non-hydrogen) atoms. The first-order chi connectivity index (χ1) is 10.4. The minimum Gasteiger partial charge on any atom is -0.508 e. The Morgan fingerprint density at radius 1 is 1.18 bits per heavy atom. The Kier molecular flexibility index (Phi) is 3.36. The number of aromatic nitrogens is 2. The summed E-state index contributed by atoms with van der Waals surface area (Å²) in [5, 5.41) is 12.2. The van der Waals surface area contributed by atoms with Crippen LogP contribution < -0.4 is 5.32 Å². The van der Waals surface area contributed by atoms with Crippen molar-refractivity contribution in [2.24, 2.45) is 0 Å². The second-order valence-electron chi connectivity index (χ2n) is 4.57. The average Bonchev–Trinajstić information content (AvgIpc) is 2.86. The predicted molar refractivity (Wildman–Crippen MR) is 72.2 cm³/mol. The van der Waals surface area contributed by atoms with E-state index >= 15 is 0 Å². The van der Waals surface area contributed by atoms with Crippen LogP contribution in [0.4, 0.5) is 19.2 Å². The van der Waals surface area contributed by atoms with Gasteiger partial charge in [-0.2, -0.15) is 18.2 Å². The molecule has 0 spiro atoms. The van der Waals surface area contributed by atoms with Gasteiger partial charge >= 0.3 is 6.18 Å². The number of hydrogen-bond donors (Lipinski definition) is 2. The molecule has 0 atom stereocenters. The van der Waals surface area contributed by atoms with Crippen LogP contribution in [0.2, 0.25) is 0 Å². The van der Waals surface area contributed by atoms with Crippen molar-refractivity contribution in [3.8, 4) is 5.75 Å². The molecule has 5 nitrogen and oxygen atoms in total. The fourth-order valence-corrected chi connectivity index (χ4v) is 1.86. The van der Waals surface area contributed by atoms with E-state index in [1.54, 1.807) is 6.07 Å². The lowest BCUT2D eigenvalue weighted by molar-refractivity contribution is -0.141. The minimum atomic E-state index is -4.45. The molecule has 0 saturated heterocycles. The first-order valence-corrected chi connectivity index (χ1v) is 6.27. The Morgan fingerprint density at radius 3 is 2.68 bits per heavy atom. The zero-order chi connectivity index (χ0) is 15.7. The highest BCUT2D eigenvalue weighted by Gasteiger charge is 2.31. The lowest BCUT2D eigenvalue weighted by Gasteiger charge is -2.06. The van der Waals surface area contributed by atoms with Crippen LogP contribution >= 0.6 is 0 Å². The Hall–Kier alpha value is -2.77. The van der Waals surface area contributed by atoms with Gasteiger partial charge in [0, 0.05) is 18.8 Å². The van der Waals surface area contributed by atoms with E-state index in [0.717, 1.165) is 12.3 Å². The van der Waals surface area contributed by atoms with Crippen molar-refractivity contribution >= 4 is 17.1 Å². The number of nitrogens with zero attached hydrogens (tertiary/aromatic N) is 2. The standard InChI is InChI=1S/C14H10F3N3O2/c15-14(16,17)12-4-1-8(6-18-12)7-19-13-20-10-3-2-9(21)5-11(10)22-13/h1-6,21H,7H2,(H,19,20). The van der Waals surface area contributed by atoms with Crippen molar-refractivity contribution in [3.05, 3.63) is 47.8 Å². The van der Waals surface area contributed by atoms with Gasteiger partial charge in [0.2, 0.25) is 0 Å². The van der Waals surface area contributed by atoms with Crippen molar-refractivity contribution < 1.29 is 22.7 Å². The number of hydrogen-bond acceptors (Lipinski definition) is 5. The van der Waals surface area contributed by atoms with Gasteiger partial charge in [-0.3, -0.25) is 4.98 Å². The van der Waals surface area contributed by atoms with Crippen molar-refractivity contribution in [1.82, 2.24) is 9.97 Å². The number of nitrogens with one attached hydrogen (secondary N) is 1. The van der Waals surface area contributed by atoms with E-state index < -0.39 is 11.9 Å². The fraction of sp³-hybridized carbons (Fsp3) is 0.143. The Labute approximate surface area is 122 Å². The molecular weight excluding hydrogens is 299 g/mol. The quantitative estimate of drug-likeness (QED) is 0.774. The summed E-state index contributed by atoms with van der Waals surface area (Å²) in [6, 6.07) is 6.96. The molecule has 2 N–H and O–H groups in total. The maximum absolute atomic E-state index is 12.4. The highest BCUT2D eigenvalue weighted by molar-refractivity contribution is 5.75. The minimum absolute atomic E-state index is 0.0575. The summed E-state index contributed by atoms with van der Waals surface area (Å²) in [4.78, 5) is 7.50. The molecule has 1 aromatic carbocycles. The third kappa shape index (κ3) is 2.95. The number of alkyl halides is 3. The van der Waals surface area contributed by atoms with Crippen molar-refractivity contribution in [2.75, 3.05) is 5.32 Å². The summed E-state index contributed by atoms with van der Waals surface area (Å²) >= 11 is 0. The molecule has 0 radical (unpaired) electrons. The molecule has 0 bridgehead atoms. The molecule has 2 heterocycles. The summed E-state index contributed by atoms with van der Waals surface area (Å²) in [7, 11) is 0. The number of oxazole rings is 1.